The van der Waals surface area contributed by atoms with Crippen molar-refractivity contribution in [2.75, 3.05) is 19.8 Å². The van der Waals surface area contributed by atoms with Crippen LogP contribution in [0.25, 0.3) is 5.52 Å². The molecule has 4 heterocycles. The molecular formula is C28H41F3N6O. The molecule has 4 fully saturated rings. The Labute approximate surface area is 222 Å². The van der Waals surface area contributed by atoms with E-state index in [2.05, 4.69) is 28.0 Å². The first-order chi connectivity index (χ1) is 18.3. The van der Waals surface area contributed by atoms with E-state index in [1.165, 1.54) is 35.9 Å². The van der Waals surface area contributed by atoms with E-state index in [4.69, 9.17) is 0 Å². The third-order valence-corrected chi connectivity index (χ3v) is 9.67. The van der Waals surface area contributed by atoms with Gasteiger partial charge in [0.15, 0.2) is 0 Å². The molecule has 3 N–H and O–H groups in total. The number of halogens is 3. The highest BCUT2D eigenvalue weighted by atomic mass is 19.4. The second-order valence-electron chi connectivity index (χ2n) is 12.3. The Kier molecular flexibility index (Phi) is 7.35. The van der Waals surface area contributed by atoms with Gasteiger partial charge in [0, 0.05) is 31.5 Å². The first-order valence-corrected chi connectivity index (χ1v) is 14.6. The van der Waals surface area contributed by atoms with E-state index in [9.17, 15) is 18.0 Å². The maximum absolute atomic E-state index is 14.2. The lowest BCUT2D eigenvalue weighted by Gasteiger charge is -2.44. The van der Waals surface area contributed by atoms with Crippen molar-refractivity contribution >= 4 is 5.52 Å². The molecule has 2 aromatic rings. The molecule has 3 unspecified atom stereocenters. The summed E-state index contributed by atoms with van der Waals surface area (Å²) in [4.78, 5) is 15.9. The predicted octanol–water partition coefficient (Wildman–Crippen LogP) is 4.48. The smallest absolute Gasteiger partial charge is 0.299 e. The molecule has 0 aromatic carbocycles. The summed E-state index contributed by atoms with van der Waals surface area (Å²) in [5.41, 5.74) is 6.06. The van der Waals surface area contributed by atoms with Crippen LogP contribution in [-0.4, -0.2) is 39.8 Å². The summed E-state index contributed by atoms with van der Waals surface area (Å²) in [5, 5.41) is 3.53. The van der Waals surface area contributed by atoms with Gasteiger partial charge in [0.1, 0.15) is 0 Å². The molecule has 2 aromatic heterocycles. The number of alkyl halides is 3. The Hall–Kier alpha value is -1.88. The van der Waals surface area contributed by atoms with Gasteiger partial charge in [0.2, 0.25) is 0 Å². The van der Waals surface area contributed by atoms with Gasteiger partial charge in [-0.1, -0.05) is 32.6 Å². The molecule has 0 bridgehead atoms. The van der Waals surface area contributed by atoms with Gasteiger partial charge in [-0.2, -0.15) is 13.2 Å². The lowest BCUT2D eigenvalue weighted by atomic mass is 9.65. The summed E-state index contributed by atoms with van der Waals surface area (Å²) in [7, 11) is 0. The average molecular weight is 535 g/mol. The number of fused-ring (bicyclic) bond motifs is 1. The van der Waals surface area contributed by atoms with Crippen LogP contribution in [0.2, 0.25) is 0 Å². The van der Waals surface area contributed by atoms with Crippen LogP contribution in [0, 0.1) is 23.7 Å². The molecule has 10 heteroatoms. The minimum Gasteiger partial charge on any atom is -0.299 e. The molecule has 2 aliphatic heterocycles. The van der Waals surface area contributed by atoms with Gasteiger partial charge < -0.3 is 0 Å². The fraction of sp³-hybridized carbons (Fsp3) is 0.750. The second-order valence-corrected chi connectivity index (χ2v) is 12.3. The zero-order chi connectivity index (χ0) is 26.4. The maximum Gasteiger partial charge on any atom is 0.418 e. The molecule has 210 valence electrons. The Morgan fingerprint density at radius 2 is 1.84 bits per heavy atom. The number of rotatable bonds is 6. The summed E-state index contributed by atoms with van der Waals surface area (Å²) in [6, 6.07) is 1.18. The predicted molar refractivity (Wildman–Crippen MR) is 140 cm³/mol. The number of likely N-dealkylation sites (tertiary alicyclic amines) is 1. The molecule has 5 atom stereocenters. The van der Waals surface area contributed by atoms with Gasteiger partial charge in [-0.25, -0.2) is 15.6 Å². The first-order valence-electron chi connectivity index (χ1n) is 14.6. The zero-order valence-corrected chi connectivity index (χ0v) is 22.3. The molecule has 0 spiro atoms. The molecule has 2 saturated carbocycles. The number of imidazole rings is 1. The zero-order valence-electron chi connectivity index (χ0n) is 22.3. The van der Waals surface area contributed by atoms with E-state index >= 15 is 0 Å². The summed E-state index contributed by atoms with van der Waals surface area (Å²) >= 11 is 0. The standard InChI is InChI=1S/C28H41F3N6O/c1-18-5-4-10-35(13-18)14-19-11-23(28(29,30)31)24-16-36(27(38)37(24)15-19)22-9-3-8-21(12-22)25(20-6-2-7-20)26-32-17-33-34-26/h11,15-16,18,20-22,25-26,32-34H,2-10,12-14,17H2,1H3/t18-,21-,22?,25?,26?/m0/s1. The molecule has 4 aliphatic rings. The van der Waals surface area contributed by atoms with Gasteiger partial charge in [0.05, 0.1) is 23.9 Å². The van der Waals surface area contributed by atoms with Crippen molar-refractivity contribution in [3.8, 4) is 0 Å². The van der Waals surface area contributed by atoms with Crippen LogP contribution in [0.4, 0.5) is 13.2 Å². The minimum atomic E-state index is -4.52. The normalized spacial score (nSPS) is 30.5. The van der Waals surface area contributed by atoms with Crippen LogP contribution in [0.5, 0.6) is 0 Å². The van der Waals surface area contributed by atoms with Crippen molar-refractivity contribution in [1.82, 2.24) is 30.0 Å². The third-order valence-electron chi connectivity index (χ3n) is 9.67. The largest absolute Gasteiger partial charge is 0.418 e. The lowest BCUT2D eigenvalue weighted by molar-refractivity contribution is -0.136. The quantitative estimate of drug-likeness (QED) is 0.510. The van der Waals surface area contributed by atoms with Crippen molar-refractivity contribution in [2.45, 2.75) is 89.6 Å². The van der Waals surface area contributed by atoms with Crippen molar-refractivity contribution in [1.29, 1.82) is 0 Å². The van der Waals surface area contributed by atoms with Crippen molar-refractivity contribution < 1.29 is 13.2 Å². The third kappa shape index (κ3) is 5.17. The van der Waals surface area contributed by atoms with Crippen LogP contribution in [-0.2, 0) is 12.7 Å². The number of piperidine rings is 1. The van der Waals surface area contributed by atoms with Crippen LogP contribution in [0.15, 0.2) is 23.3 Å². The van der Waals surface area contributed by atoms with Gasteiger partial charge in [-0.05, 0) is 74.0 Å². The van der Waals surface area contributed by atoms with E-state index in [-0.39, 0.29) is 23.4 Å². The molecular weight excluding hydrogens is 493 g/mol. The molecule has 2 saturated heterocycles. The highest BCUT2D eigenvalue weighted by Gasteiger charge is 2.42. The van der Waals surface area contributed by atoms with E-state index in [1.54, 1.807) is 10.8 Å². The lowest BCUT2D eigenvalue weighted by Crippen LogP contribution is -2.49. The topological polar surface area (TPSA) is 65.7 Å². The number of pyridine rings is 1. The summed E-state index contributed by atoms with van der Waals surface area (Å²) in [6.07, 6.45) is 8.50. The Balaban J connectivity index is 1.30. The molecule has 38 heavy (non-hydrogen) atoms. The van der Waals surface area contributed by atoms with Gasteiger partial charge >= 0.3 is 11.9 Å². The number of hydrogen-bond donors (Lipinski definition) is 3. The molecule has 6 rings (SSSR count). The maximum atomic E-state index is 14.2. The first kappa shape index (κ1) is 26.3. The van der Waals surface area contributed by atoms with Crippen LogP contribution < -0.4 is 21.9 Å². The molecule has 7 nitrogen and oxygen atoms in total. The van der Waals surface area contributed by atoms with Gasteiger partial charge in [0.25, 0.3) is 0 Å². The summed E-state index contributed by atoms with van der Waals surface area (Å²) < 4.78 is 45.6. The van der Waals surface area contributed by atoms with Crippen molar-refractivity contribution in [3.63, 3.8) is 0 Å². The summed E-state index contributed by atoms with van der Waals surface area (Å²) in [6.45, 7) is 5.11. The van der Waals surface area contributed by atoms with Crippen molar-refractivity contribution in [2.24, 2.45) is 23.7 Å². The van der Waals surface area contributed by atoms with E-state index < -0.39 is 11.7 Å². The van der Waals surface area contributed by atoms with E-state index in [0.717, 1.165) is 58.3 Å². The van der Waals surface area contributed by atoms with Crippen LogP contribution >= 0.6 is 0 Å². The number of nitrogens with one attached hydrogen (secondary N) is 3. The molecule has 0 amide bonds. The SMILES string of the molecule is C[C@H]1CCCN(Cc2cc(C(F)(F)F)c3cn(C4CCC[C@H](C(C5CCC5)C5NCNN5)C4)c(=O)n3c2)C1. The highest BCUT2D eigenvalue weighted by molar-refractivity contribution is 5.56. The number of nitrogens with zero attached hydrogens (tertiary/aromatic N) is 3. The molecule has 0 radical (unpaired) electrons. The molecule has 2 aliphatic carbocycles. The number of aromatic nitrogens is 2. The van der Waals surface area contributed by atoms with Crippen molar-refractivity contribution in [3.05, 3.63) is 40.1 Å². The van der Waals surface area contributed by atoms with Crippen LogP contribution in [0.3, 0.4) is 0 Å². The highest BCUT2D eigenvalue weighted by Crippen LogP contribution is 2.46. The van der Waals surface area contributed by atoms with E-state index in [1.807, 2.05) is 0 Å². The van der Waals surface area contributed by atoms with Gasteiger partial charge in [-0.15, -0.1) is 0 Å². The Morgan fingerprint density at radius 1 is 1.05 bits per heavy atom. The van der Waals surface area contributed by atoms with E-state index in [0.29, 0.717) is 35.8 Å². The average Bonchev–Trinajstić information content (AvgIpc) is 3.49. The fourth-order valence-electron chi connectivity index (χ4n) is 7.69. The minimum absolute atomic E-state index is 0.0285. The fourth-order valence-corrected chi connectivity index (χ4v) is 7.69. The Bertz CT molecular complexity index is 1180. The monoisotopic (exact) mass is 534 g/mol. The van der Waals surface area contributed by atoms with Gasteiger partial charge in [-0.3, -0.25) is 19.2 Å². The number of hydrazine groups is 1. The number of hydrogen-bond acceptors (Lipinski definition) is 5. The summed E-state index contributed by atoms with van der Waals surface area (Å²) in [5.74, 6) is 2.08. The second kappa shape index (κ2) is 10.6. The van der Waals surface area contributed by atoms with Crippen LogP contribution in [0.1, 0.15) is 81.9 Å². The Morgan fingerprint density at radius 3 is 2.53 bits per heavy atom.